The number of amides is 2. The van der Waals surface area contributed by atoms with Gasteiger partial charge in [-0.25, -0.2) is 4.79 Å². The SMILES string of the molecule is CC(C)(C)CNC1CC(CCO)CN(C(N)=O)C1. The third-order valence-electron chi connectivity index (χ3n) is 3.31. The highest BCUT2D eigenvalue weighted by Crippen LogP contribution is 2.21. The number of urea groups is 1. The van der Waals surface area contributed by atoms with Gasteiger partial charge in [-0.15, -0.1) is 0 Å². The van der Waals surface area contributed by atoms with E-state index in [1.807, 2.05) is 0 Å². The summed E-state index contributed by atoms with van der Waals surface area (Å²) in [4.78, 5) is 13.0. The van der Waals surface area contributed by atoms with Crippen molar-refractivity contribution in [1.82, 2.24) is 10.2 Å². The Hall–Kier alpha value is -0.810. The van der Waals surface area contributed by atoms with Gasteiger partial charge in [0.05, 0.1) is 0 Å². The van der Waals surface area contributed by atoms with Gasteiger partial charge < -0.3 is 21.1 Å². The van der Waals surface area contributed by atoms with Crippen LogP contribution >= 0.6 is 0 Å². The van der Waals surface area contributed by atoms with Crippen LogP contribution < -0.4 is 11.1 Å². The highest BCUT2D eigenvalue weighted by Gasteiger charge is 2.29. The van der Waals surface area contributed by atoms with Gasteiger partial charge in [0.15, 0.2) is 0 Å². The van der Waals surface area contributed by atoms with Gasteiger partial charge in [0.2, 0.25) is 0 Å². The molecule has 4 N–H and O–H groups in total. The van der Waals surface area contributed by atoms with Crippen molar-refractivity contribution in [2.75, 3.05) is 26.2 Å². The summed E-state index contributed by atoms with van der Waals surface area (Å²) < 4.78 is 0. The molecule has 0 aromatic rings. The lowest BCUT2D eigenvalue weighted by Gasteiger charge is -2.38. The number of hydrogen-bond acceptors (Lipinski definition) is 3. The molecule has 18 heavy (non-hydrogen) atoms. The number of carbonyl (C=O) groups is 1. The summed E-state index contributed by atoms with van der Waals surface area (Å²) in [7, 11) is 0. The molecule has 2 atom stereocenters. The highest BCUT2D eigenvalue weighted by molar-refractivity contribution is 5.72. The van der Waals surface area contributed by atoms with Crippen molar-refractivity contribution in [3.05, 3.63) is 0 Å². The lowest BCUT2D eigenvalue weighted by atomic mass is 9.90. The molecule has 5 heteroatoms. The van der Waals surface area contributed by atoms with E-state index in [0.717, 1.165) is 19.4 Å². The molecule has 0 saturated carbocycles. The maximum Gasteiger partial charge on any atom is 0.314 e. The van der Waals surface area contributed by atoms with Gasteiger partial charge in [-0.05, 0) is 24.2 Å². The number of carbonyl (C=O) groups excluding carboxylic acids is 1. The Morgan fingerprint density at radius 1 is 1.44 bits per heavy atom. The molecule has 1 heterocycles. The molecule has 1 aliphatic rings. The minimum Gasteiger partial charge on any atom is -0.396 e. The van der Waals surface area contributed by atoms with Crippen LogP contribution in [0.4, 0.5) is 4.79 Å². The fourth-order valence-electron chi connectivity index (χ4n) is 2.37. The van der Waals surface area contributed by atoms with Crippen molar-refractivity contribution in [2.45, 2.75) is 39.7 Å². The number of aliphatic hydroxyl groups is 1. The lowest BCUT2D eigenvalue weighted by molar-refractivity contribution is 0.132. The zero-order valence-corrected chi connectivity index (χ0v) is 11.8. The predicted octanol–water partition coefficient (Wildman–Crippen LogP) is 0.774. The summed E-state index contributed by atoms with van der Waals surface area (Å²) in [6, 6.07) is -0.0813. The quantitative estimate of drug-likeness (QED) is 0.696. The number of primary amides is 1. The van der Waals surface area contributed by atoms with Crippen molar-refractivity contribution in [3.8, 4) is 0 Å². The monoisotopic (exact) mass is 257 g/mol. The van der Waals surface area contributed by atoms with E-state index < -0.39 is 0 Å². The number of nitrogens with one attached hydrogen (secondary N) is 1. The van der Waals surface area contributed by atoms with E-state index in [2.05, 4.69) is 26.1 Å². The predicted molar refractivity (Wildman–Crippen MR) is 72.2 cm³/mol. The van der Waals surface area contributed by atoms with Crippen molar-refractivity contribution in [1.29, 1.82) is 0 Å². The second kappa shape index (κ2) is 6.38. The molecule has 106 valence electrons. The maximum absolute atomic E-state index is 11.3. The molecule has 1 rings (SSSR count). The van der Waals surface area contributed by atoms with E-state index in [1.54, 1.807) is 4.90 Å². The van der Waals surface area contributed by atoms with Gasteiger partial charge >= 0.3 is 6.03 Å². The Bertz CT molecular complexity index is 276. The third kappa shape index (κ3) is 5.23. The van der Waals surface area contributed by atoms with Crippen LogP contribution in [-0.4, -0.2) is 48.3 Å². The summed E-state index contributed by atoms with van der Waals surface area (Å²) in [6.45, 7) is 8.97. The molecule has 2 unspecified atom stereocenters. The fourth-order valence-corrected chi connectivity index (χ4v) is 2.37. The summed E-state index contributed by atoms with van der Waals surface area (Å²) in [5, 5.41) is 12.5. The van der Waals surface area contributed by atoms with Crippen LogP contribution in [0.3, 0.4) is 0 Å². The van der Waals surface area contributed by atoms with Crippen LogP contribution in [0.2, 0.25) is 0 Å². The number of aliphatic hydroxyl groups excluding tert-OH is 1. The zero-order chi connectivity index (χ0) is 13.8. The van der Waals surface area contributed by atoms with Crippen molar-refractivity contribution >= 4 is 6.03 Å². The van der Waals surface area contributed by atoms with Crippen molar-refractivity contribution in [3.63, 3.8) is 0 Å². The number of nitrogens with two attached hydrogens (primary N) is 1. The van der Waals surface area contributed by atoms with Gasteiger partial charge in [0.25, 0.3) is 0 Å². The lowest BCUT2D eigenvalue weighted by Crippen LogP contribution is -2.53. The highest BCUT2D eigenvalue weighted by atomic mass is 16.3. The Morgan fingerprint density at radius 3 is 2.61 bits per heavy atom. The fraction of sp³-hybridized carbons (Fsp3) is 0.923. The van der Waals surface area contributed by atoms with Crippen LogP contribution in [0.15, 0.2) is 0 Å². The van der Waals surface area contributed by atoms with E-state index in [9.17, 15) is 4.79 Å². The molecule has 5 nitrogen and oxygen atoms in total. The second-order valence-electron chi connectivity index (χ2n) is 6.50. The van der Waals surface area contributed by atoms with Crippen LogP contribution in [0.1, 0.15) is 33.6 Å². The number of rotatable bonds is 4. The summed E-state index contributed by atoms with van der Waals surface area (Å²) in [5.74, 6) is 0.341. The van der Waals surface area contributed by atoms with Crippen LogP contribution in [0, 0.1) is 11.3 Å². The van der Waals surface area contributed by atoms with E-state index >= 15 is 0 Å². The van der Waals surface area contributed by atoms with E-state index in [1.165, 1.54) is 0 Å². The van der Waals surface area contributed by atoms with E-state index in [0.29, 0.717) is 19.0 Å². The minimum atomic E-state index is -0.361. The Morgan fingerprint density at radius 2 is 2.11 bits per heavy atom. The molecular formula is C13H27N3O2. The second-order valence-corrected chi connectivity index (χ2v) is 6.50. The van der Waals surface area contributed by atoms with E-state index in [4.69, 9.17) is 10.8 Å². The largest absolute Gasteiger partial charge is 0.396 e. The number of hydrogen-bond donors (Lipinski definition) is 3. The third-order valence-corrected chi connectivity index (χ3v) is 3.31. The van der Waals surface area contributed by atoms with Crippen molar-refractivity contribution in [2.24, 2.45) is 17.1 Å². The number of piperidine rings is 1. The smallest absolute Gasteiger partial charge is 0.314 e. The molecular weight excluding hydrogens is 230 g/mol. The molecule has 0 aromatic heterocycles. The van der Waals surface area contributed by atoms with Gasteiger partial charge in [-0.2, -0.15) is 0 Å². The summed E-state index contributed by atoms with van der Waals surface area (Å²) >= 11 is 0. The minimum absolute atomic E-state index is 0.170. The van der Waals surface area contributed by atoms with Crippen LogP contribution in [0.25, 0.3) is 0 Å². The standard InChI is InChI=1S/C13H27N3O2/c1-13(2,3)9-15-11-6-10(4-5-17)7-16(8-11)12(14)18/h10-11,15,17H,4-9H2,1-3H3,(H2,14,18). The molecule has 0 spiro atoms. The topological polar surface area (TPSA) is 78.6 Å². The normalized spacial score (nSPS) is 25.2. The summed E-state index contributed by atoms with van der Waals surface area (Å²) in [5.41, 5.74) is 5.59. The molecule has 1 fully saturated rings. The average molecular weight is 257 g/mol. The molecule has 2 amide bonds. The first kappa shape index (κ1) is 15.2. The molecule has 0 bridgehead atoms. The van der Waals surface area contributed by atoms with Gasteiger partial charge in [-0.1, -0.05) is 20.8 Å². The first-order valence-corrected chi connectivity index (χ1v) is 6.70. The average Bonchev–Trinajstić information content (AvgIpc) is 2.25. The number of nitrogens with zero attached hydrogens (tertiary/aromatic N) is 1. The van der Waals surface area contributed by atoms with E-state index in [-0.39, 0.29) is 24.1 Å². The van der Waals surface area contributed by atoms with Crippen LogP contribution in [0.5, 0.6) is 0 Å². The van der Waals surface area contributed by atoms with Gasteiger partial charge in [0, 0.05) is 32.3 Å². The van der Waals surface area contributed by atoms with Gasteiger partial charge in [0.1, 0.15) is 0 Å². The first-order chi connectivity index (χ1) is 8.31. The Kier molecular flexibility index (Phi) is 5.41. The van der Waals surface area contributed by atoms with Crippen LogP contribution in [-0.2, 0) is 0 Å². The van der Waals surface area contributed by atoms with Gasteiger partial charge in [-0.3, -0.25) is 0 Å². The molecule has 1 saturated heterocycles. The van der Waals surface area contributed by atoms with Crippen molar-refractivity contribution < 1.29 is 9.90 Å². The zero-order valence-electron chi connectivity index (χ0n) is 11.8. The maximum atomic E-state index is 11.3. The Labute approximate surface area is 110 Å². The molecule has 0 radical (unpaired) electrons. The molecule has 0 aliphatic carbocycles. The summed E-state index contributed by atoms with van der Waals surface area (Å²) in [6.07, 6.45) is 1.73. The molecule has 0 aromatic carbocycles. The number of likely N-dealkylation sites (tertiary alicyclic amines) is 1. The first-order valence-electron chi connectivity index (χ1n) is 6.70. The Balaban J connectivity index is 2.53. The molecule has 1 aliphatic heterocycles.